The molecule has 1 aliphatic rings. The van der Waals surface area contributed by atoms with Gasteiger partial charge in [-0.1, -0.05) is 24.0 Å². The van der Waals surface area contributed by atoms with Gasteiger partial charge in [0.1, 0.15) is 4.32 Å². The molecule has 0 aliphatic carbocycles. The third-order valence-electron chi connectivity index (χ3n) is 2.66. The maximum absolute atomic E-state index is 11.7. The first-order chi connectivity index (χ1) is 10.8. The van der Waals surface area contributed by atoms with Gasteiger partial charge < -0.3 is 14.8 Å². The van der Waals surface area contributed by atoms with Gasteiger partial charge in [-0.15, -0.1) is 0 Å². The van der Waals surface area contributed by atoms with Crippen LogP contribution in [-0.4, -0.2) is 28.2 Å². The van der Waals surface area contributed by atoms with E-state index in [1.807, 2.05) is 0 Å². The molecule has 0 saturated carbocycles. The molecule has 0 radical (unpaired) electrons. The van der Waals surface area contributed by atoms with Gasteiger partial charge in [0.05, 0.1) is 16.9 Å². The number of amides is 1. The Morgan fingerprint density at radius 3 is 2.65 bits per heavy atom. The number of benzene rings is 1. The van der Waals surface area contributed by atoms with Crippen LogP contribution in [-0.2, 0) is 9.59 Å². The number of nitro benzene ring substituents is 1. The fourth-order valence-electron chi connectivity index (χ4n) is 1.80. The predicted octanol–water partition coefficient (Wildman–Crippen LogP) is 2.02. The van der Waals surface area contributed by atoms with Crippen molar-refractivity contribution in [3.8, 4) is 11.5 Å². The monoisotopic (exact) mass is 354 g/mol. The molecule has 1 fully saturated rings. The van der Waals surface area contributed by atoms with E-state index in [-0.39, 0.29) is 17.4 Å². The summed E-state index contributed by atoms with van der Waals surface area (Å²) in [6.07, 6.45) is 1.44. The van der Waals surface area contributed by atoms with Crippen LogP contribution >= 0.6 is 24.0 Å². The van der Waals surface area contributed by atoms with Crippen molar-refractivity contribution in [2.24, 2.45) is 0 Å². The highest BCUT2D eigenvalue weighted by molar-refractivity contribution is 8.26. The third kappa shape index (κ3) is 3.85. The van der Waals surface area contributed by atoms with Gasteiger partial charge in [-0.25, -0.2) is 0 Å². The minimum Gasteiger partial charge on any atom is -0.493 e. The summed E-state index contributed by atoms with van der Waals surface area (Å²) in [6, 6.07) is 2.61. The highest BCUT2D eigenvalue weighted by Crippen LogP contribution is 2.39. The molecule has 0 unspecified atom stereocenters. The molecular formula is C13H10N2O6S2. The maximum Gasteiger partial charge on any atom is 0.316 e. The second kappa shape index (κ2) is 6.75. The number of thioether (sulfide) groups is 1. The minimum atomic E-state index is -0.714. The molecule has 1 heterocycles. The van der Waals surface area contributed by atoms with Crippen LogP contribution in [0.15, 0.2) is 17.0 Å². The predicted molar refractivity (Wildman–Crippen MR) is 87.3 cm³/mol. The van der Waals surface area contributed by atoms with E-state index in [4.69, 9.17) is 21.7 Å². The second-order valence-corrected chi connectivity index (χ2v) is 5.99. The summed E-state index contributed by atoms with van der Waals surface area (Å²) in [5, 5.41) is 13.7. The van der Waals surface area contributed by atoms with Crippen LogP contribution in [0.1, 0.15) is 12.5 Å². The normalized spacial score (nSPS) is 15.5. The van der Waals surface area contributed by atoms with Crippen LogP contribution in [0.5, 0.6) is 11.5 Å². The maximum atomic E-state index is 11.7. The van der Waals surface area contributed by atoms with E-state index in [1.165, 1.54) is 25.3 Å². The molecular weight excluding hydrogens is 344 g/mol. The quantitative estimate of drug-likeness (QED) is 0.218. The Morgan fingerprint density at radius 1 is 1.48 bits per heavy atom. The Morgan fingerprint density at radius 2 is 2.17 bits per heavy atom. The zero-order chi connectivity index (χ0) is 17.1. The fraction of sp³-hybridized carbons (Fsp3) is 0.154. The Hall–Kier alpha value is -2.46. The van der Waals surface area contributed by atoms with Crippen LogP contribution in [0.4, 0.5) is 5.69 Å². The molecule has 2 rings (SSSR count). The van der Waals surface area contributed by atoms with E-state index >= 15 is 0 Å². The summed E-state index contributed by atoms with van der Waals surface area (Å²) in [4.78, 5) is 33.6. The summed E-state index contributed by atoms with van der Waals surface area (Å²) in [6.45, 7) is 1.12. The van der Waals surface area contributed by atoms with Crippen molar-refractivity contribution < 1.29 is 24.0 Å². The number of methoxy groups -OCH3 is 1. The summed E-state index contributed by atoms with van der Waals surface area (Å²) in [5.41, 5.74) is -0.107. The van der Waals surface area contributed by atoms with Crippen molar-refractivity contribution in [1.82, 2.24) is 5.32 Å². The van der Waals surface area contributed by atoms with Crippen molar-refractivity contribution in [2.45, 2.75) is 6.92 Å². The Labute approximate surface area is 140 Å². The van der Waals surface area contributed by atoms with Crippen molar-refractivity contribution in [2.75, 3.05) is 7.11 Å². The number of rotatable bonds is 4. The highest BCUT2D eigenvalue weighted by atomic mass is 32.2. The highest BCUT2D eigenvalue weighted by Gasteiger charge is 2.26. The average molecular weight is 354 g/mol. The standard InChI is InChI=1S/C13H10N2O6S2/c1-6(16)21-11-8(15(18)19)3-7(4-9(11)20-2)5-10-12(17)14-13(22)23-10/h3-5H,1-2H3,(H,14,17,22)/b10-5-. The summed E-state index contributed by atoms with van der Waals surface area (Å²) in [5.74, 6) is -1.38. The number of nitrogens with zero attached hydrogens (tertiary/aromatic N) is 1. The van der Waals surface area contributed by atoms with Crippen LogP contribution in [0.2, 0.25) is 0 Å². The number of hydrogen-bond donors (Lipinski definition) is 1. The molecule has 1 aromatic rings. The van der Waals surface area contributed by atoms with Gasteiger partial charge >= 0.3 is 11.7 Å². The minimum absolute atomic E-state index is 0.00670. The smallest absolute Gasteiger partial charge is 0.316 e. The van der Waals surface area contributed by atoms with Gasteiger partial charge in [0.15, 0.2) is 5.75 Å². The number of thiocarbonyl (C=S) groups is 1. The van der Waals surface area contributed by atoms with E-state index < -0.39 is 16.6 Å². The molecule has 1 aromatic carbocycles. The lowest BCUT2D eigenvalue weighted by atomic mass is 10.1. The van der Waals surface area contributed by atoms with E-state index in [2.05, 4.69) is 5.32 Å². The van der Waals surface area contributed by atoms with Crippen molar-refractivity contribution >= 4 is 51.9 Å². The molecule has 0 aromatic heterocycles. The molecule has 1 aliphatic heterocycles. The number of carbonyl (C=O) groups excluding carboxylic acids is 2. The summed E-state index contributed by atoms with van der Waals surface area (Å²) in [7, 11) is 1.29. The molecule has 120 valence electrons. The molecule has 1 saturated heterocycles. The van der Waals surface area contributed by atoms with Crippen LogP contribution in [0, 0.1) is 10.1 Å². The average Bonchev–Trinajstić information content (AvgIpc) is 2.77. The lowest BCUT2D eigenvalue weighted by Gasteiger charge is -2.09. The Kier molecular flexibility index (Phi) is 4.96. The van der Waals surface area contributed by atoms with Crippen LogP contribution in [0.3, 0.4) is 0 Å². The second-order valence-electron chi connectivity index (χ2n) is 4.27. The number of carbonyl (C=O) groups is 2. The van der Waals surface area contributed by atoms with Crippen molar-refractivity contribution in [3.63, 3.8) is 0 Å². The van der Waals surface area contributed by atoms with E-state index in [1.54, 1.807) is 0 Å². The number of hydrogen-bond acceptors (Lipinski definition) is 8. The number of nitrogens with one attached hydrogen (secondary N) is 1. The van der Waals surface area contributed by atoms with Gasteiger partial charge in [0, 0.05) is 13.0 Å². The van der Waals surface area contributed by atoms with Gasteiger partial charge in [-0.2, -0.15) is 0 Å². The molecule has 10 heteroatoms. The number of nitro groups is 1. The number of esters is 1. The zero-order valence-corrected chi connectivity index (χ0v) is 13.6. The topological polar surface area (TPSA) is 108 Å². The molecule has 1 amide bonds. The van der Waals surface area contributed by atoms with Gasteiger partial charge in [-0.05, 0) is 17.7 Å². The first-order valence-corrected chi connectivity index (χ1v) is 7.34. The SMILES string of the molecule is COc1cc(/C=C2\SC(=S)NC2=O)cc([N+](=O)[O-])c1OC(C)=O. The zero-order valence-electron chi connectivity index (χ0n) is 11.9. The molecule has 0 spiro atoms. The third-order valence-corrected chi connectivity index (χ3v) is 3.82. The first kappa shape index (κ1) is 16.9. The lowest BCUT2D eigenvalue weighted by molar-refractivity contribution is -0.385. The summed E-state index contributed by atoms with van der Waals surface area (Å²) < 4.78 is 10.2. The van der Waals surface area contributed by atoms with Gasteiger partial charge in [-0.3, -0.25) is 19.7 Å². The fourth-order valence-corrected chi connectivity index (χ4v) is 2.84. The molecule has 0 atom stereocenters. The van der Waals surface area contributed by atoms with E-state index in [0.717, 1.165) is 18.7 Å². The van der Waals surface area contributed by atoms with E-state index in [9.17, 15) is 19.7 Å². The molecule has 23 heavy (non-hydrogen) atoms. The molecule has 8 nitrogen and oxygen atoms in total. The Balaban J connectivity index is 2.54. The Bertz CT molecular complexity index is 759. The van der Waals surface area contributed by atoms with Crippen LogP contribution in [0.25, 0.3) is 6.08 Å². The summed E-state index contributed by atoms with van der Waals surface area (Å²) >= 11 is 5.92. The lowest BCUT2D eigenvalue weighted by Crippen LogP contribution is -2.17. The first-order valence-electron chi connectivity index (χ1n) is 6.11. The van der Waals surface area contributed by atoms with Gasteiger partial charge in [0.2, 0.25) is 5.75 Å². The van der Waals surface area contributed by atoms with Gasteiger partial charge in [0.25, 0.3) is 5.91 Å². The van der Waals surface area contributed by atoms with Crippen molar-refractivity contribution in [1.29, 1.82) is 0 Å². The molecule has 0 bridgehead atoms. The largest absolute Gasteiger partial charge is 0.493 e. The van der Waals surface area contributed by atoms with Crippen LogP contribution < -0.4 is 14.8 Å². The van der Waals surface area contributed by atoms with E-state index in [0.29, 0.717) is 14.8 Å². The number of ether oxygens (including phenoxy) is 2. The van der Waals surface area contributed by atoms with Crippen molar-refractivity contribution in [3.05, 3.63) is 32.7 Å². The molecule has 1 N–H and O–H groups in total.